The lowest BCUT2D eigenvalue weighted by atomic mass is 10.1. The van der Waals surface area contributed by atoms with Crippen molar-refractivity contribution in [3.63, 3.8) is 0 Å². The molecule has 1 heterocycles. The van der Waals surface area contributed by atoms with Crippen LogP contribution in [0.4, 0.5) is 11.4 Å². The Bertz CT molecular complexity index is 628. The van der Waals surface area contributed by atoms with Crippen molar-refractivity contribution in [1.82, 2.24) is 5.32 Å². The Morgan fingerprint density at radius 2 is 2.20 bits per heavy atom. The Hall–Kier alpha value is -2.45. The number of nitrogens with two attached hydrogens (primary N) is 1. The van der Waals surface area contributed by atoms with Crippen molar-refractivity contribution >= 4 is 28.6 Å². The molecule has 0 unspecified atom stereocenters. The summed E-state index contributed by atoms with van der Waals surface area (Å²) < 4.78 is 0. The van der Waals surface area contributed by atoms with Gasteiger partial charge in [0.2, 0.25) is 0 Å². The van der Waals surface area contributed by atoms with E-state index in [1.807, 2.05) is 16.8 Å². The number of anilines is 1. The van der Waals surface area contributed by atoms with E-state index in [2.05, 4.69) is 10.7 Å². The fourth-order valence-electron chi connectivity index (χ4n) is 1.62. The molecule has 0 saturated heterocycles. The first kappa shape index (κ1) is 14.0. The van der Waals surface area contributed by atoms with Crippen LogP contribution < -0.4 is 16.6 Å². The number of nitrogens with zero attached hydrogens (tertiary/aromatic N) is 1. The van der Waals surface area contributed by atoms with Crippen LogP contribution >= 0.6 is 11.3 Å². The highest BCUT2D eigenvalue weighted by atomic mass is 32.1. The number of carbonyl (C=O) groups excluding carboxylic acids is 1. The van der Waals surface area contributed by atoms with E-state index < -0.39 is 4.92 Å². The average Bonchev–Trinajstić information content (AvgIpc) is 2.97. The van der Waals surface area contributed by atoms with Crippen molar-refractivity contribution in [3.8, 4) is 0 Å². The molecule has 1 amide bonds. The second kappa shape index (κ2) is 6.13. The van der Waals surface area contributed by atoms with Gasteiger partial charge in [-0.15, -0.1) is 0 Å². The van der Waals surface area contributed by atoms with Crippen LogP contribution in [0.2, 0.25) is 0 Å². The number of nitro benzene ring substituents is 1. The number of nitrogens with one attached hydrogen (secondary N) is 2. The summed E-state index contributed by atoms with van der Waals surface area (Å²) in [5.41, 5.74) is 3.34. The van der Waals surface area contributed by atoms with Crippen molar-refractivity contribution < 1.29 is 9.72 Å². The van der Waals surface area contributed by atoms with E-state index in [-0.39, 0.29) is 22.8 Å². The highest BCUT2D eigenvalue weighted by Crippen LogP contribution is 2.24. The Morgan fingerprint density at radius 1 is 1.40 bits per heavy atom. The van der Waals surface area contributed by atoms with Gasteiger partial charge in [0.1, 0.15) is 5.69 Å². The Kier molecular flexibility index (Phi) is 4.28. The summed E-state index contributed by atoms with van der Waals surface area (Å²) in [6, 6.07) is 5.97. The van der Waals surface area contributed by atoms with Crippen LogP contribution in [-0.2, 0) is 6.54 Å². The van der Waals surface area contributed by atoms with Crippen molar-refractivity contribution in [2.24, 2.45) is 5.84 Å². The summed E-state index contributed by atoms with van der Waals surface area (Å²) in [6.45, 7) is 0.382. The normalized spacial score (nSPS) is 10.1. The quantitative estimate of drug-likeness (QED) is 0.442. The third-order valence-electron chi connectivity index (χ3n) is 2.65. The third-order valence-corrected chi connectivity index (χ3v) is 3.38. The van der Waals surface area contributed by atoms with Crippen LogP contribution in [0.1, 0.15) is 15.9 Å². The minimum absolute atomic E-state index is 0.157. The van der Waals surface area contributed by atoms with Gasteiger partial charge in [0.25, 0.3) is 11.6 Å². The van der Waals surface area contributed by atoms with Gasteiger partial charge in [-0.3, -0.25) is 20.8 Å². The first-order chi connectivity index (χ1) is 9.61. The highest BCUT2D eigenvalue weighted by molar-refractivity contribution is 7.07. The second-order valence-corrected chi connectivity index (χ2v) is 4.73. The van der Waals surface area contributed by atoms with E-state index in [1.54, 1.807) is 0 Å². The maximum Gasteiger partial charge on any atom is 0.294 e. The predicted molar refractivity (Wildman–Crippen MR) is 76.4 cm³/mol. The topological polar surface area (TPSA) is 110 Å². The van der Waals surface area contributed by atoms with Gasteiger partial charge in [0.05, 0.1) is 4.92 Å². The minimum Gasteiger partial charge on any atom is -0.348 e. The van der Waals surface area contributed by atoms with Gasteiger partial charge in [-0.1, -0.05) is 0 Å². The lowest BCUT2D eigenvalue weighted by Gasteiger charge is -2.06. The van der Waals surface area contributed by atoms with Crippen LogP contribution in [0.5, 0.6) is 0 Å². The molecule has 0 aliphatic carbocycles. The number of nitrogen functional groups attached to an aromatic ring is 1. The zero-order chi connectivity index (χ0) is 14.5. The number of amides is 1. The van der Waals surface area contributed by atoms with Crippen molar-refractivity contribution in [1.29, 1.82) is 0 Å². The van der Waals surface area contributed by atoms with E-state index in [0.717, 1.165) is 5.56 Å². The summed E-state index contributed by atoms with van der Waals surface area (Å²) >= 11 is 1.54. The zero-order valence-electron chi connectivity index (χ0n) is 10.3. The van der Waals surface area contributed by atoms with Gasteiger partial charge in [-0.2, -0.15) is 11.3 Å². The smallest absolute Gasteiger partial charge is 0.294 e. The van der Waals surface area contributed by atoms with E-state index in [9.17, 15) is 14.9 Å². The molecule has 0 fully saturated rings. The first-order valence-electron chi connectivity index (χ1n) is 5.66. The molecule has 0 saturated carbocycles. The Labute approximate surface area is 118 Å². The maximum absolute atomic E-state index is 11.9. The summed E-state index contributed by atoms with van der Waals surface area (Å²) in [5, 5.41) is 17.4. The van der Waals surface area contributed by atoms with Crippen molar-refractivity contribution in [3.05, 3.63) is 56.3 Å². The molecule has 2 rings (SSSR count). The lowest BCUT2D eigenvalue weighted by molar-refractivity contribution is -0.384. The standard InChI is InChI=1S/C12H12N4O3S/c13-15-10-2-1-9(5-11(10)16(18)19)12(17)14-6-8-3-4-20-7-8/h1-5,7,15H,6,13H2,(H,14,17). The van der Waals surface area contributed by atoms with E-state index in [1.165, 1.54) is 29.5 Å². The first-order valence-corrected chi connectivity index (χ1v) is 6.60. The summed E-state index contributed by atoms with van der Waals surface area (Å²) in [6.07, 6.45) is 0. The number of hydrogen-bond donors (Lipinski definition) is 3. The summed E-state index contributed by atoms with van der Waals surface area (Å²) in [5.74, 6) is 4.81. The number of benzene rings is 1. The largest absolute Gasteiger partial charge is 0.348 e. The predicted octanol–water partition coefficient (Wildman–Crippen LogP) is 1.87. The molecule has 7 nitrogen and oxygen atoms in total. The fraction of sp³-hybridized carbons (Fsp3) is 0.0833. The van der Waals surface area contributed by atoms with Gasteiger partial charge >= 0.3 is 0 Å². The number of carbonyl (C=O) groups is 1. The molecule has 4 N–H and O–H groups in total. The van der Waals surface area contributed by atoms with Gasteiger partial charge in [-0.25, -0.2) is 0 Å². The van der Waals surface area contributed by atoms with Gasteiger partial charge in [0.15, 0.2) is 0 Å². The Morgan fingerprint density at radius 3 is 2.80 bits per heavy atom. The molecule has 0 aliphatic rings. The average molecular weight is 292 g/mol. The van der Waals surface area contributed by atoms with Gasteiger partial charge in [-0.05, 0) is 34.5 Å². The molecule has 0 aliphatic heterocycles. The molecular formula is C12H12N4O3S. The number of hydrogen-bond acceptors (Lipinski definition) is 6. The molecule has 0 radical (unpaired) electrons. The molecule has 104 valence electrons. The molecular weight excluding hydrogens is 280 g/mol. The summed E-state index contributed by atoms with van der Waals surface area (Å²) in [7, 11) is 0. The van der Waals surface area contributed by atoms with Gasteiger partial charge < -0.3 is 10.7 Å². The lowest BCUT2D eigenvalue weighted by Crippen LogP contribution is -2.22. The van der Waals surface area contributed by atoms with Crippen molar-refractivity contribution in [2.75, 3.05) is 5.43 Å². The molecule has 0 bridgehead atoms. The second-order valence-electron chi connectivity index (χ2n) is 3.95. The van der Waals surface area contributed by atoms with E-state index in [4.69, 9.17) is 5.84 Å². The third kappa shape index (κ3) is 3.11. The van der Waals surface area contributed by atoms with Crippen LogP contribution in [0.3, 0.4) is 0 Å². The molecule has 2 aromatic rings. The van der Waals surface area contributed by atoms with Crippen LogP contribution in [0, 0.1) is 10.1 Å². The molecule has 0 spiro atoms. The molecule has 20 heavy (non-hydrogen) atoms. The van der Waals surface area contributed by atoms with E-state index in [0.29, 0.717) is 6.54 Å². The molecule has 1 aromatic carbocycles. The highest BCUT2D eigenvalue weighted by Gasteiger charge is 2.16. The monoisotopic (exact) mass is 292 g/mol. The number of nitro groups is 1. The molecule has 1 aromatic heterocycles. The fourth-order valence-corrected chi connectivity index (χ4v) is 2.29. The Balaban J connectivity index is 2.13. The molecule has 8 heteroatoms. The van der Waals surface area contributed by atoms with Crippen LogP contribution in [-0.4, -0.2) is 10.8 Å². The number of hydrazine groups is 1. The minimum atomic E-state index is -0.592. The number of thiophene rings is 1. The van der Waals surface area contributed by atoms with E-state index >= 15 is 0 Å². The van der Waals surface area contributed by atoms with Crippen LogP contribution in [0.25, 0.3) is 0 Å². The summed E-state index contributed by atoms with van der Waals surface area (Å²) in [4.78, 5) is 22.2. The van der Waals surface area contributed by atoms with Crippen LogP contribution in [0.15, 0.2) is 35.0 Å². The SMILES string of the molecule is NNc1ccc(C(=O)NCc2ccsc2)cc1[N+](=O)[O-]. The maximum atomic E-state index is 11.9. The van der Waals surface area contributed by atoms with Gasteiger partial charge in [0, 0.05) is 18.2 Å². The number of rotatable bonds is 5. The molecule has 0 atom stereocenters. The van der Waals surface area contributed by atoms with Crippen molar-refractivity contribution in [2.45, 2.75) is 6.54 Å². The zero-order valence-corrected chi connectivity index (χ0v) is 11.1.